The normalized spacial score (nSPS) is 16.9. The molecule has 0 amide bonds. The van der Waals surface area contributed by atoms with Crippen molar-refractivity contribution in [2.45, 2.75) is 57.1 Å². The lowest BCUT2D eigenvalue weighted by Gasteiger charge is -2.50. The first kappa shape index (κ1) is 21.9. The Morgan fingerprint density at radius 3 is 1.85 bits per heavy atom. The van der Waals surface area contributed by atoms with E-state index in [1.165, 1.54) is 36.8 Å². The number of likely N-dealkylation sites (N-methyl/N-ethyl adjacent to an activating group) is 1. The maximum Gasteiger partial charge on any atom is 0.135 e. The van der Waals surface area contributed by atoms with Gasteiger partial charge >= 0.3 is 0 Å². The average Bonchev–Trinajstić information content (AvgIpc) is 2.63. The van der Waals surface area contributed by atoms with Gasteiger partial charge in [-0.15, -0.1) is 12.4 Å². The highest BCUT2D eigenvalue weighted by Gasteiger charge is 2.50. The zero-order valence-corrected chi connectivity index (χ0v) is 17.7. The number of nitrogens with one attached hydrogen (secondary N) is 1. The summed E-state index contributed by atoms with van der Waals surface area (Å²) in [7, 11) is 1.86. The van der Waals surface area contributed by atoms with Crippen LogP contribution in [0.2, 0.25) is 0 Å². The molecule has 27 heavy (non-hydrogen) atoms. The van der Waals surface area contributed by atoms with E-state index in [1.807, 2.05) is 7.11 Å². The van der Waals surface area contributed by atoms with Gasteiger partial charge in [-0.1, -0.05) is 86.8 Å². The molecule has 1 aliphatic rings. The molecule has 2 nitrogen and oxygen atoms in total. The van der Waals surface area contributed by atoms with Gasteiger partial charge in [-0.3, -0.25) is 0 Å². The second kappa shape index (κ2) is 9.73. The summed E-state index contributed by atoms with van der Waals surface area (Å²) in [6.07, 6.45) is 6.53. The lowest BCUT2D eigenvalue weighted by Crippen LogP contribution is -2.60. The molecule has 0 heterocycles. The third-order valence-electron chi connectivity index (χ3n) is 6.29. The maximum atomic E-state index is 6.45. The van der Waals surface area contributed by atoms with Crippen LogP contribution in [-0.2, 0) is 10.3 Å². The Morgan fingerprint density at radius 2 is 1.48 bits per heavy atom. The van der Waals surface area contributed by atoms with Crippen molar-refractivity contribution >= 4 is 12.4 Å². The first-order chi connectivity index (χ1) is 12.7. The number of rotatable bonds is 9. The molecular weight excluding hydrogens is 354 g/mol. The summed E-state index contributed by atoms with van der Waals surface area (Å²) in [5.74, 6) is 0.883. The zero-order chi connectivity index (χ0) is 18.5. The Hall–Kier alpha value is -1.35. The van der Waals surface area contributed by atoms with Crippen molar-refractivity contribution in [2.75, 3.05) is 13.7 Å². The number of benzene rings is 2. The number of hydrogen-bond acceptors (Lipinski definition) is 2. The molecule has 2 aromatic carbocycles. The highest BCUT2D eigenvalue weighted by Crippen LogP contribution is 2.46. The molecule has 1 N–H and O–H groups in total. The molecular formula is C24H34ClNO. The second-order valence-corrected chi connectivity index (χ2v) is 7.82. The Balaban J connectivity index is 0.00000261. The fraction of sp³-hybridized carbons (Fsp3) is 0.500. The fourth-order valence-electron chi connectivity index (χ4n) is 4.66. The largest absolute Gasteiger partial charge is 0.367 e. The van der Waals surface area contributed by atoms with Crippen LogP contribution in [-0.4, -0.2) is 19.2 Å². The highest BCUT2D eigenvalue weighted by molar-refractivity contribution is 5.85. The Morgan fingerprint density at radius 1 is 0.963 bits per heavy atom. The Kier molecular flexibility index (Phi) is 7.91. The monoisotopic (exact) mass is 387 g/mol. The minimum Gasteiger partial charge on any atom is -0.367 e. The summed E-state index contributed by atoms with van der Waals surface area (Å²) >= 11 is 0. The molecule has 1 fully saturated rings. The van der Waals surface area contributed by atoms with Crippen molar-refractivity contribution in [3.8, 4) is 0 Å². The molecule has 0 radical (unpaired) electrons. The van der Waals surface area contributed by atoms with E-state index in [2.05, 4.69) is 79.8 Å². The third-order valence-corrected chi connectivity index (χ3v) is 6.29. The van der Waals surface area contributed by atoms with Crippen LogP contribution in [0.4, 0.5) is 0 Å². The number of ether oxygens (including phenoxy) is 1. The van der Waals surface area contributed by atoms with E-state index >= 15 is 0 Å². The van der Waals surface area contributed by atoms with Crippen molar-refractivity contribution in [1.82, 2.24) is 5.32 Å². The SMILES string of the molecule is CCNC(C)(CCC1CCC1)C(OC)(c1ccccc1)c1ccccc1.Cl. The molecule has 3 rings (SSSR count). The van der Waals surface area contributed by atoms with E-state index in [4.69, 9.17) is 4.74 Å². The van der Waals surface area contributed by atoms with Gasteiger partial charge in [-0.25, -0.2) is 0 Å². The van der Waals surface area contributed by atoms with Gasteiger partial charge in [0.15, 0.2) is 0 Å². The molecule has 0 aromatic heterocycles. The maximum absolute atomic E-state index is 6.45. The molecule has 1 atom stereocenters. The van der Waals surface area contributed by atoms with Crippen molar-refractivity contribution in [1.29, 1.82) is 0 Å². The van der Waals surface area contributed by atoms with Gasteiger partial charge in [0.05, 0.1) is 5.54 Å². The van der Waals surface area contributed by atoms with Gasteiger partial charge in [0.2, 0.25) is 0 Å². The minimum absolute atomic E-state index is 0. The smallest absolute Gasteiger partial charge is 0.135 e. The molecule has 148 valence electrons. The summed E-state index contributed by atoms with van der Waals surface area (Å²) < 4.78 is 6.45. The van der Waals surface area contributed by atoms with Crippen LogP contribution >= 0.6 is 12.4 Å². The summed E-state index contributed by atoms with van der Waals surface area (Å²) in [6.45, 7) is 5.46. The van der Waals surface area contributed by atoms with E-state index in [0.29, 0.717) is 0 Å². The molecule has 0 spiro atoms. The Bertz CT molecular complexity index is 632. The van der Waals surface area contributed by atoms with Crippen LogP contribution in [0.15, 0.2) is 60.7 Å². The number of hydrogen-bond donors (Lipinski definition) is 1. The zero-order valence-electron chi connectivity index (χ0n) is 16.9. The van der Waals surface area contributed by atoms with Crippen LogP contribution < -0.4 is 5.32 Å². The quantitative estimate of drug-likeness (QED) is 0.574. The van der Waals surface area contributed by atoms with Crippen LogP contribution in [0, 0.1) is 5.92 Å². The lowest BCUT2D eigenvalue weighted by atomic mass is 9.67. The second-order valence-electron chi connectivity index (χ2n) is 7.82. The van der Waals surface area contributed by atoms with Crippen molar-refractivity contribution in [3.05, 3.63) is 71.8 Å². The molecule has 3 heteroatoms. The van der Waals surface area contributed by atoms with Crippen LogP contribution in [0.3, 0.4) is 0 Å². The van der Waals surface area contributed by atoms with E-state index in [9.17, 15) is 0 Å². The molecule has 0 saturated heterocycles. The molecule has 1 saturated carbocycles. The van der Waals surface area contributed by atoms with Crippen molar-refractivity contribution in [2.24, 2.45) is 5.92 Å². The fourth-order valence-corrected chi connectivity index (χ4v) is 4.66. The van der Waals surface area contributed by atoms with Gasteiger partial charge in [0.25, 0.3) is 0 Å². The third kappa shape index (κ3) is 4.23. The predicted octanol–water partition coefficient (Wildman–Crippen LogP) is 5.95. The number of halogens is 1. The number of methoxy groups -OCH3 is 1. The minimum atomic E-state index is -0.519. The van der Waals surface area contributed by atoms with Gasteiger partial charge in [-0.05, 0) is 43.4 Å². The topological polar surface area (TPSA) is 21.3 Å². The van der Waals surface area contributed by atoms with Crippen LogP contribution in [0.1, 0.15) is 57.1 Å². The first-order valence-corrected chi connectivity index (χ1v) is 10.1. The van der Waals surface area contributed by atoms with Gasteiger partial charge in [-0.2, -0.15) is 0 Å². The standard InChI is InChI=1S/C24H33NO.ClH/c1-4-25-23(2,19-18-20-12-11-13-20)24(26-3,21-14-7-5-8-15-21)22-16-9-6-10-17-22;/h5-10,14-17,20,25H,4,11-13,18-19H2,1-3H3;1H. The molecule has 0 aliphatic heterocycles. The van der Waals surface area contributed by atoms with Gasteiger partial charge in [0.1, 0.15) is 5.60 Å². The van der Waals surface area contributed by atoms with Crippen molar-refractivity contribution in [3.63, 3.8) is 0 Å². The Labute approximate surface area is 171 Å². The van der Waals surface area contributed by atoms with E-state index in [-0.39, 0.29) is 17.9 Å². The van der Waals surface area contributed by atoms with E-state index < -0.39 is 5.60 Å². The molecule has 0 bridgehead atoms. The molecule has 2 aromatic rings. The summed E-state index contributed by atoms with van der Waals surface area (Å²) in [5.41, 5.74) is 1.72. The highest BCUT2D eigenvalue weighted by atomic mass is 35.5. The van der Waals surface area contributed by atoms with Gasteiger partial charge in [0, 0.05) is 7.11 Å². The van der Waals surface area contributed by atoms with Crippen LogP contribution in [0.5, 0.6) is 0 Å². The first-order valence-electron chi connectivity index (χ1n) is 10.1. The predicted molar refractivity (Wildman–Crippen MR) is 117 cm³/mol. The van der Waals surface area contributed by atoms with E-state index in [0.717, 1.165) is 18.9 Å². The van der Waals surface area contributed by atoms with E-state index in [1.54, 1.807) is 0 Å². The molecule has 1 aliphatic carbocycles. The summed E-state index contributed by atoms with van der Waals surface area (Å²) in [4.78, 5) is 0. The summed E-state index contributed by atoms with van der Waals surface area (Å²) in [5, 5.41) is 3.83. The van der Waals surface area contributed by atoms with Gasteiger partial charge < -0.3 is 10.1 Å². The lowest BCUT2D eigenvalue weighted by molar-refractivity contribution is -0.0596. The average molecular weight is 388 g/mol. The molecule has 1 unspecified atom stereocenters. The van der Waals surface area contributed by atoms with Crippen molar-refractivity contribution < 1.29 is 4.74 Å². The van der Waals surface area contributed by atoms with Crippen LogP contribution in [0.25, 0.3) is 0 Å². The summed E-state index contributed by atoms with van der Waals surface area (Å²) in [6, 6.07) is 21.4.